The van der Waals surface area contributed by atoms with E-state index in [1.54, 1.807) is 24.8 Å². The van der Waals surface area contributed by atoms with Gasteiger partial charge in [-0.2, -0.15) is 0 Å². The molecule has 0 radical (unpaired) electrons. The average Bonchev–Trinajstić information content (AvgIpc) is 2.56. The number of aryl methyl sites for hydroxylation is 1. The first-order chi connectivity index (χ1) is 11.7. The van der Waals surface area contributed by atoms with E-state index in [1.165, 1.54) is 6.07 Å². The van der Waals surface area contributed by atoms with Crippen LogP contribution in [0, 0.1) is 13.8 Å². The zero-order valence-electron chi connectivity index (χ0n) is 14.8. The first-order valence-corrected chi connectivity index (χ1v) is 9.76. The molecule has 0 bridgehead atoms. The molecule has 0 unspecified atom stereocenters. The molecular weight excluding hydrogens is 336 g/mol. The zero-order chi connectivity index (χ0) is 18.6. The number of nitrogens with two attached hydrogens (primary N) is 1. The van der Waals surface area contributed by atoms with Gasteiger partial charge < -0.3 is 4.90 Å². The van der Waals surface area contributed by atoms with E-state index in [4.69, 9.17) is 5.14 Å². The number of rotatable bonds is 6. The molecule has 0 aromatic heterocycles. The number of benzene rings is 2. The largest absolute Gasteiger partial charge is 0.334 e. The maximum atomic E-state index is 13.0. The first-order valence-electron chi connectivity index (χ1n) is 8.21. The Morgan fingerprint density at radius 2 is 1.76 bits per heavy atom. The van der Waals surface area contributed by atoms with Gasteiger partial charge >= 0.3 is 0 Å². The summed E-state index contributed by atoms with van der Waals surface area (Å²) in [6.07, 6.45) is 0.811. The zero-order valence-corrected chi connectivity index (χ0v) is 15.6. The molecule has 0 spiro atoms. The number of hydrogen-bond donors (Lipinski definition) is 1. The third-order valence-electron chi connectivity index (χ3n) is 4.17. The molecule has 0 heterocycles. The highest BCUT2D eigenvalue weighted by Gasteiger charge is 2.21. The molecule has 2 aromatic rings. The minimum absolute atomic E-state index is 0.00649. The SMILES string of the molecule is CCCN(Cc1ccccc1)C(=O)c1cc(C)c(C)c(S(N)(=O)=O)c1. The molecule has 2 aromatic carbocycles. The average molecular weight is 360 g/mol. The van der Waals surface area contributed by atoms with Gasteiger partial charge in [0.15, 0.2) is 0 Å². The van der Waals surface area contributed by atoms with Crippen LogP contribution < -0.4 is 5.14 Å². The van der Waals surface area contributed by atoms with Crippen molar-refractivity contribution < 1.29 is 13.2 Å². The molecule has 2 N–H and O–H groups in total. The smallest absolute Gasteiger partial charge is 0.254 e. The highest BCUT2D eigenvalue weighted by Crippen LogP contribution is 2.22. The van der Waals surface area contributed by atoms with Crippen molar-refractivity contribution in [2.75, 3.05) is 6.54 Å². The lowest BCUT2D eigenvalue weighted by Crippen LogP contribution is -2.31. The lowest BCUT2D eigenvalue weighted by Gasteiger charge is -2.23. The molecule has 0 aliphatic carbocycles. The molecule has 5 nitrogen and oxygen atoms in total. The molecule has 0 fully saturated rings. The van der Waals surface area contributed by atoms with Gasteiger partial charge in [0.2, 0.25) is 10.0 Å². The summed E-state index contributed by atoms with van der Waals surface area (Å²) in [7, 11) is -3.88. The predicted molar refractivity (Wildman–Crippen MR) is 98.8 cm³/mol. The normalized spacial score (nSPS) is 11.4. The number of hydrogen-bond acceptors (Lipinski definition) is 3. The third kappa shape index (κ3) is 4.67. The van der Waals surface area contributed by atoms with Gasteiger partial charge in [0.05, 0.1) is 4.90 Å². The molecule has 0 atom stereocenters. The van der Waals surface area contributed by atoms with E-state index in [1.807, 2.05) is 37.3 Å². The van der Waals surface area contributed by atoms with Gasteiger partial charge in [-0.3, -0.25) is 4.79 Å². The van der Waals surface area contributed by atoms with Crippen molar-refractivity contribution in [3.8, 4) is 0 Å². The van der Waals surface area contributed by atoms with E-state index in [0.717, 1.165) is 17.5 Å². The summed E-state index contributed by atoms with van der Waals surface area (Å²) < 4.78 is 23.6. The van der Waals surface area contributed by atoms with Crippen LogP contribution in [0.4, 0.5) is 0 Å². The summed E-state index contributed by atoms with van der Waals surface area (Å²) in [4.78, 5) is 14.7. The second kappa shape index (κ2) is 7.80. The molecule has 0 aliphatic heterocycles. The van der Waals surface area contributed by atoms with E-state index in [-0.39, 0.29) is 10.8 Å². The molecule has 0 saturated heterocycles. The van der Waals surface area contributed by atoms with Crippen LogP contribution in [0.5, 0.6) is 0 Å². The second-order valence-corrected chi connectivity index (χ2v) is 7.70. The van der Waals surface area contributed by atoms with Crippen molar-refractivity contribution in [1.82, 2.24) is 4.90 Å². The first kappa shape index (κ1) is 19.1. The second-order valence-electron chi connectivity index (χ2n) is 6.17. The van der Waals surface area contributed by atoms with Gasteiger partial charge in [-0.1, -0.05) is 37.3 Å². The fourth-order valence-corrected chi connectivity index (χ4v) is 3.63. The van der Waals surface area contributed by atoms with E-state index in [2.05, 4.69) is 0 Å². The Kier molecular flexibility index (Phi) is 5.98. The van der Waals surface area contributed by atoms with E-state index in [0.29, 0.717) is 24.2 Å². The molecule has 0 saturated carbocycles. The minimum Gasteiger partial charge on any atom is -0.334 e. The van der Waals surface area contributed by atoms with Gasteiger partial charge in [0.25, 0.3) is 5.91 Å². The lowest BCUT2D eigenvalue weighted by molar-refractivity contribution is 0.0743. The van der Waals surface area contributed by atoms with Crippen LogP contribution in [0.25, 0.3) is 0 Å². The number of carbonyl (C=O) groups excluding carboxylic acids is 1. The Hall–Kier alpha value is -2.18. The maximum absolute atomic E-state index is 13.0. The van der Waals surface area contributed by atoms with Gasteiger partial charge in [-0.25, -0.2) is 13.6 Å². The van der Waals surface area contributed by atoms with E-state index < -0.39 is 10.0 Å². The van der Waals surface area contributed by atoms with Gasteiger partial charge in [-0.05, 0) is 49.1 Å². The fraction of sp³-hybridized carbons (Fsp3) is 0.316. The summed E-state index contributed by atoms with van der Waals surface area (Å²) in [6.45, 7) is 6.54. The quantitative estimate of drug-likeness (QED) is 0.860. The number of amides is 1. The molecule has 134 valence electrons. The van der Waals surface area contributed by atoms with Crippen molar-refractivity contribution in [3.63, 3.8) is 0 Å². The Labute approximate surface area is 149 Å². The number of carbonyl (C=O) groups is 1. The number of primary sulfonamides is 1. The molecule has 1 amide bonds. The Bertz CT molecular complexity index is 862. The highest BCUT2D eigenvalue weighted by molar-refractivity contribution is 7.89. The Morgan fingerprint density at radius 3 is 2.32 bits per heavy atom. The van der Waals surface area contributed by atoms with Crippen molar-refractivity contribution in [3.05, 3.63) is 64.7 Å². The maximum Gasteiger partial charge on any atom is 0.254 e. The third-order valence-corrected chi connectivity index (χ3v) is 5.21. The topological polar surface area (TPSA) is 80.5 Å². The summed E-state index contributed by atoms with van der Waals surface area (Å²) >= 11 is 0. The molecule has 2 rings (SSSR count). The predicted octanol–water partition coefficient (Wildman–Crippen LogP) is 3.00. The molecule has 6 heteroatoms. The Morgan fingerprint density at radius 1 is 1.12 bits per heavy atom. The fourth-order valence-electron chi connectivity index (χ4n) is 2.75. The van der Waals surface area contributed by atoms with Gasteiger partial charge in [-0.15, -0.1) is 0 Å². The standard InChI is InChI=1S/C19H24N2O3S/c1-4-10-21(13-16-8-6-5-7-9-16)19(22)17-11-14(2)15(3)18(12-17)25(20,23)24/h5-9,11-12H,4,10,13H2,1-3H3,(H2,20,23,24). The lowest BCUT2D eigenvalue weighted by atomic mass is 10.0. The van der Waals surface area contributed by atoms with Crippen molar-refractivity contribution >= 4 is 15.9 Å². The summed E-state index contributed by atoms with van der Waals surface area (Å²) in [5, 5.41) is 5.30. The summed E-state index contributed by atoms with van der Waals surface area (Å²) in [5.41, 5.74) is 2.67. The number of nitrogens with zero attached hydrogens (tertiary/aromatic N) is 1. The molecular formula is C19H24N2O3S. The van der Waals surface area contributed by atoms with Crippen LogP contribution >= 0.6 is 0 Å². The van der Waals surface area contributed by atoms with Crippen LogP contribution in [0.3, 0.4) is 0 Å². The summed E-state index contributed by atoms with van der Waals surface area (Å²) in [6, 6.07) is 12.8. The van der Waals surface area contributed by atoms with Crippen LogP contribution in [0.2, 0.25) is 0 Å². The van der Waals surface area contributed by atoms with Crippen molar-refractivity contribution in [2.24, 2.45) is 5.14 Å². The monoisotopic (exact) mass is 360 g/mol. The van der Waals surface area contributed by atoms with E-state index >= 15 is 0 Å². The highest BCUT2D eigenvalue weighted by atomic mass is 32.2. The van der Waals surface area contributed by atoms with Crippen LogP contribution in [-0.2, 0) is 16.6 Å². The van der Waals surface area contributed by atoms with Gasteiger partial charge in [0.1, 0.15) is 0 Å². The van der Waals surface area contributed by atoms with Crippen molar-refractivity contribution in [1.29, 1.82) is 0 Å². The Balaban J connectivity index is 2.41. The van der Waals surface area contributed by atoms with Crippen LogP contribution in [0.15, 0.2) is 47.4 Å². The molecule has 0 aliphatic rings. The van der Waals surface area contributed by atoms with E-state index in [9.17, 15) is 13.2 Å². The van der Waals surface area contributed by atoms with Crippen LogP contribution in [0.1, 0.15) is 40.4 Å². The van der Waals surface area contributed by atoms with Gasteiger partial charge in [0, 0.05) is 18.7 Å². The van der Waals surface area contributed by atoms with Crippen LogP contribution in [-0.4, -0.2) is 25.8 Å². The summed E-state index contributed by atoms with van der Waals surface area (Å²) in [5.74, 6) is -0.196. The number of sulfonamides is 1. The van der Waals surface area contributed by atoms with Crippen molar-refractivity contribution in [2.45, 2.75) is 38.6 Å². The minimum atomic E-state index is -3.88. The molecule has 25 heavy (non-hydrogen) atoms.